The minimum Gasteiger partial charge on any atom is -0.422 e. The summed E-state index contributed by atoms with van der Waals surface area (Å²) in [4.78, 5) is 23.8. The first-order valence-corrected chi connectivity index (χ1v) is 6.78. The van der Waals surface area contributed by atoms with E-state index in [1.54, 1.807) is 24.3 Å². The molecule has 1 aromatic heterocycles. The predicted octanol–water partition coefficient (Wildman–Crippen LogP) is 1.31. The molecular weight excluding hydrogens is 290 g/mol. The van der Waals surface area contributed by atoms with E-state index in [0.29, 0.717) is 11.0 Å². The maximum absolute atomic E-state index is 12.0. The first-order valence-electron chi connectivity index (χ1n) is 6.37. The van der Waals surface area contributed by atoms with Crippen molar-refractivity contribution in [3.8, 4) is 0 Å². The summed E-state index contributed by atoms with van der Waals surface area (Å²) >= 11 is 4.97. The Morgan fingerprint density at radius 1 is 1.24 bits per heavy atom. The van der Waals surface area contributed by atoms with Crippen LogP contribution in [0.15, 0.2) is 39.5 Å². The number of amides is 1. The average molecular weight is 305 g/mol. The molecule has 1 heterocycles. The Balaban J connectivity index is 2.14. The number of hydrogen-bond donors (Lipinski definition) is 3. The lowest BCUT2D eigenvalue weighted by Crippen LogP contribution is -2.49. The fourth-order valence-corrected chi connectivity index (χ4v) is 1.99. The number of fused-ring (bicyclic) bond motifs is 1. The zero-order valence-electron chi connectivity index (χ0n) is 11.6. The Morgan fingerprint density at radius 3 is 2.67 bits per heavy atom. The van der Waals surface area contributed by atoms with Gasteiger partial charge in [0.2, 0.25) is 0 Å². The molecule has 0 spiro atoms. The molecule has 6 nitrogen and oxygen atoms in total. The molecule has 7 heteroatoms. The van der Waals surface area contributed by atoms with Crippen LogP contribution >= 0.6 is 12.2 Å². The van der Waals surface area contributed by atoms with Gasteiger partial charge in [0.25, 0.3) is 5.91 Å². The summed E-state index contributed by atoms with van der Waals surface area (Å²) in [7, 11) is 0. The van der Waals surface area contributed by atoms with Gasteiger partial charge in [0.1, 0.15) is 11.1 Å². The van der Waals surface area contributed by atoms with Crippen LogP contribution in [0.5, 0.6) is 0 Å². The van der Waals surface area contributed by atoms with Gasteiger partial charge in [0.05, 0.1) is 0 Å². The number of hydrogen-bond acceptors (Lipinski definition) is 4. The molecule has 0 unspecified atom stereocenters. The molecule has 110 valence electrons. The van der Waals surface area contributed by atoms with Crippen LogP contribution in [-0.2, 0) is 0 Å². The molecule has 1 amide bonds. The van der Waals surface area contributed by atoms with Crippen LogP contribution in [0.1, 0.15) is 24.2 Å². The first kappa shape index (κ1) is 15.0. The summed E-state index contributed by atoms with van der Waals surface area (Å²) in [6.45, 7) is 3.82. The lowest BCUT2D eigenvalue weighted by Gasteiger charge is -2.13. The predicted molar refractivity (Wildman–Crippen MR) is 84.0 cm³/mol. The third-order valence-electron chi connectivity index (χ3n) is 2.60. The quantitative estimate of drug-likeness (QED) is 0.441. The van der Waals surface area contributed by atoms with Gasteiger partial charge in [-0.1, -0.05) is 18.2 Å². The number of para-hydroxylation sites is 1. The molecule has 0 atom stereocenters. The third-order valence-corrected chi connectivity index (χ3v) is 2.82. The fourth-order valence-electron chi connectivity index (χ4n) is 1.70. The van der Waals surface area contributed by atoms with Gasteiger partial charge in [-0.3, -0.25) is 15.6 Å². The fraction of sp³-hybridized carbons (Fsp3) is 0.214. The summed E-state index contributed by atoms with van der Waals surface area (Å²) in [5, 5.41) is 3.84. The summed E-state index contributed by atoms with van der Waals surface area (Å²) in [5.41, 5.74) is 4.53. The second-order valence-corrected chi connectivity index (χ2v) is 5.10. The Kier molecular flexibility index (Phi) is 4.54. The molecule has 0 saturated heterocycles. The molecule has 0 aliphatic carbocycles. The zero-order chi connectivity index (χ0) is 15.4. The topological polar surface area (TPSA) is 83.4 Å². The highest BCUT2D eigenvalue weighted by atomic mass is 32.1. The number of carbonyl (C=O) groups excluding carboxylic acids is 1. The minimum atomic E-state index is -0.698. The van der Waals surface area contributed by atoms with Crippen molar-refractivity contribution in [3.05, 3.63) is 46.3 Å². The highest BCUT2D eigenvalue weighted by Crippen LogP contribution is 2.12. The lowest BCUT2D eigenvalue weighted by molar-refractivity contribution is 0.0940. The summed E-state index contributed by atoms with van der Waals surface area (Å²) < 4.78 is 5.09. The number of rotatable bonds is 2. The van der Waals surface area contributed by atoms with E-state index in [2.05, 4.69) is 16.2 Å². The first-order chi connectivity index (χ1) is 9.97. The summed E-state index contributed by atoms with van der Waals surface area (Å²) in [5.74, 6) is -0.609. The van der Waals surface area contributed by atoms with Crippen molar-refractivity contribution in [2.75, 3.05) is 0 Å². The molecule has 0 bridgehead atoms. The van der Waals surface area contributed by atoms with Gasteiger partial charge in [-0.2, -0.15) is 0 Å². The number of hydrazine groups is 1. The van der Waals surface area contributed by atoms with Gasteiger partial charge in [-0.25, -0.2) is 4.79 Å². The van der Waals surface area contributed by atoms with Crippen molar-refractivity contribution in [1.29, 1.82) is 0 Å². The van der Waals surface area contributed by atoms with E-state index in [1.807, 2.05) is 13.8 Å². The molecule has 0 aliphatic rings. The summed E-state index contributed by atoms with van der Waals surface area (Å²) in [6.07, 6.45) is 0. The summed E-state index contributed by atoms with van der Waals surface area (Å²) in [6, 6.07) is 8.59. The molecule has 2 aromatic rings. The van der Waals surface area contributed by atoms with Crippen molar-refractivity contribution in [1.82, 2.24) is 16.2 Å². The molecular formula is C14H15N3O3S. The highest BCUT2D eigenvalue weighted by Gasteiger charge is 2.13. The van der Waals surface area contributed by atoms with Gasteiger partial charge in [0, 0.05) is 11.4 Å². The normalized spacial score (nSPS) is 10.4. The van der Waals surface area contributed by atoms with Crippen LogP contribution in [-0.4, -0.2) is 17.1 Å². The average Bonchev–Trinajstić information content (AvgIpc) is 2.43. The van der Waals surface area contributed by atoms with Crippen molar-refractivity contribution < 1.29 is 9.21 Å². The SMILES string of the molecule is CC(C)NC(=S)NNC(=O)c1cc2ccccc2oc1=O. The number of thiocarbonyl (C=S) groups is 1. The van der Waals surface area contributed by atoms with E-state index in [9.17, 15) is 9.59 Å². The maximum atomic E-state index is 12.0. The van der Waals surface area contributed by atoms with Crippen molar-refractivity contribution >= 4 is 34.2 Å². The second-order valence-electron chi connectivity index (χ2n) is 4.69. The third kappa shape index (κ3) is 3.79. The van der Waals surface area contributed by atoms with Gasteiger partial charge in [-0.15, -0.1) is 0 Å². The Labute approximate surface area is 126 Å². The molecule has 1 aromatic carbocycles. The Hall–Kier alpha value is -2.41. The van der Waals surface area contributed by atoms with Gasteiger partial charge in [-0.05, 0) is 38.2 Å². The Bertz CT molecular complexity index is 740. The van der Waals surface area contributed by atoms with Crippen molar-refractivity contribution in [3.63, 3.8) is 0 Å². The molecule has 0 saturated carbocycles. The lowest BCUT2D eigenvalue weighted by atomic mass is 10.2. The molecule has 21 heavy (non-hydrogen) atoms. The van der Waals surface area contributed by atoms with Crippen LogP contribution in [0.2, 0.25) is 0 Å². The van der Waals surface area contributed by atoms with Crippen LogP contribution < -0.4 is 21.8 Å². The number of benzene rings is 1. The molecule has 0 radical (unpaired) electrons. The molecule has 3 N–H and O–H groups in total. The van der Waals surface area contributed by atoms with E-state index in [0.717, 1.165) is 0 Å². The number of carbonyl (C=O) groups is 1. The minimum absolute atomic E-state index is 0.0893. The molecule has 2 rings (SSSR count). The second kappa shape index (κ2) is 6.36. The Morgan fingerprint density at radius 2 is 1.95 bits per heavy atom. The molecule has 0 fully saturated rings. The zero-order valence-corrected chi connectivity index (χ0v) is 12.4. The largest absolute Gasteiger partial charge is 0.422 e. The van der Waals surface area contributed by atoms with E-state index in [4.69, 9.17) is 16.6 Å². The van der Waals surface area contributed by atoms with Crippen molar-refractivity contribution in [2.24, 2.45) is 0 Å². The maximum Gasteiger partial charge on any atom is 0.349 e. The van der Waals surface area contributed by atoms with Crippen LogP contribution in [0.4, 0.5) is 0 Å². The monoisotopic (exact) mass is 305 g/mol. The smallest absolute Gasteiger partial charge is 0.349 e. The van der Waals surface area contributed by atoms with Gasteiger partial charge in [0.15, 0.2) is 5.11 Å². The van der Waals surface area contributed by atoms with E-state index >= 15 is 0 Å². The van der Waals surface area contributed by atoms with Crippen molar-refractivity contribution in [2.45, 2.75) is 19.9 Å². The van der Waals surface area contributed by atoms with E-state index in [-0.39, 0.29) is 16.7 Å². The van der Waals surface area contributed by atoms with E-state index in [1.165, 1.54) is 6.07 Å². The van der Waals surface area contributed by atoms with Crippen LogP contribution in [0.3, 0.4) is 0 Å². The van der Waals surface area contributed by atoms with E-state index < -0.39 is 11.5 Å². The van der Waals surface area contributed by atoms with Gasteiger partial charge >= 0.3 is 5.63 Å². The van der Waals surface area contributed by atoms with Gasteiger partial charge < -0.3 is 9.73 Å². The highest BCUT2D eigenvalue weighted by molar-refractivity contribution is 7.80. The standard InChI is InChI=1S/C14H15N3O3S/c1-8(2)15-14(21)17-16-12(18)10-7-9-5-3-4-6-11(9)20-13(10)19/h3-8H,1-2H3,(H,16,18)(H2,15,17,21). The molecule has 0 aliphatic heterocycles. The van der Waals surface area contributed by atoms with Crippen LogP contribution in [0.25, 0.3) is 11.0 Å². The number of nitrogens with one attached hydrogen (secondary N) is 3. The van der Waals surface area contributed by atoms with Crippen LogP contribution in [0, 0.1) is 0 Å².